The van der Waals surface area contributed by atoms with E-state index < -0.39 is 12.0 Å². The van der Waals surface area contributed by atoms with Crippen LogP contribution >= 0.6 is 0 Å². The number of carbonyl (C=O) groups is 1. The first kappa shape index (κ1) is 13.5. The van der Waals surface area contributed by atoms with Crippen LogP contribution in [0.3, 0.4) is 0 Å². The molecule has 0 unspecified atom stereocenters. The van der Waals surface area contributed by atoms with Crippen molar-refractivity contribution in [3.8, 4) is 0 Å². The first-order valence-electron chi connectivity index (χ1n) is 4.98. The summed E-state index contributed by atoms with van der Waals surface area (Å²) >= 11 is 0. The zero-order valence-electron chi connectivity index (χ0n) is 9.36. The highest BCUT2D eigenvalue weighted by molar-refractivity contribution is 5.82. The fraction of sp³-hybridized carbons (Fsp3) is 0.400. The van der Waals surface area contributed by atoms with E-state index >= 15 is 0 Å². The van der Waals surface area contributed by atoms with E-state index in [0.717, 1.165) is 7.05 Å². The minimum Gasteiger partial charge on any atom is -0.288 e. The van der Waals surface area contributed by atoms with E-state index in [1.807, 2.05) is 0 Å². The van der Waals surface area contributed by atoms with Crippen LogP contribution in [0.1, 0.15) is 5.69 Å². The Kier molecular flexibility index (Phi) is 4.47. The molecule has 5 nitrogen and oxygen atoms in total. The monoisotopic (exact) mass is 244 g/mol. The van der Waals surface area contributed by atoms with Crippen molar-refractivity contribution < 1.29 is 13.6 Å². The van der Waals surface area contributed by atoms with Gasteiger partial charge in [0.05, 0.1) is 0 Å². The van der Waals surface area contributed by atoms with Crippen molar-refractivity contribution in [1.29, 1.82) is 0 Å². The first-order chi connectivity index (χ1) is 7.98. The highest BCUT2D eigenvalue weighted by atomic mass is 19.3. The lowest BCUT2D eigenvalue weighted by molar-refractivity contribution is -0.174. The summed E-state index contributed by atoms with van der Waals surface area (Å²) < 4.78 is 26.7. The zero-order valence-corrected chi connectivity index (χ0v) is 9.36. The number of alkyl halides is 2. The first-order valence-corrected chi connectivity index (χ1v) is 4.98. The number of carbonyl (C=O) groups excluding carboxylic acids is 1. The molecule has 0 aliphatic heterocycles. The number of nitrogens with two attached hydrogens (primary N) is 1. The van der Waals surface area contributed by atoms with Gasteiger partial charge in [-0.25, -0.2) is 10.7 Å². The van der Waals surface area contributed by atoms with Crippen molar-refractivity contribution in [1.82, 2.24) is 15.3 Å². The fourth-order valence-electron chi connectivity index (χ4n) is 1.23. The molecule has 0 atom stereocenters. The highest BCUT2D eigenvalue weighted by Crippen LogP contribution is 2.17. The molecule has 1 rings (SSSR count). The average Bonchev–Trinajstić information content (AvgIpc) is 2.35. The number of hydrogen-bond donors (Lipinski definition) is 2. The van der Waals surface area contributed by atoms with E-state index in [4.69, 9.17) is 0 Å². The van der Waals surface area contributed by atoms with Gasteiger partial charge >= 0.3 is 12.0 Å². The van der Waals surface area contributed by atoms with Crippen molar-refractivity contribution in [2.24, 2.45) is 5.84 Å². The van der Waals surface area contributed by atoms with Crippen molar-refractivity contribution in [2.75, 3.05) is 13.6 Å². The molecule has 94 valence electrons. The summed E-state index contributed by atoms with van der Waals surface area (Å²) in [5.74, 6) is 3.16. The van der Waals surface area contributed by atoms with E-state index in [-0.39, 0.29) is 6.54 Å². The van der Waals surface area contributed by atoms with E-state index in [2.05, 4.69) is 10.8 Å². The second kappa shape index (κ2) is 5.65. The number of hydrogen-bond acceptors (Lipinski definition) is 4. The second-order valence-corrected chi connectivity index (χ2v) is 3.51. The molecule has 1 heterocycles. The van der Waals surface area contributed by atoms with Gasteiger partial charge in [-0.15, -0.1) is 0 Å². The largest absolute Gasteiger partial charge is 0.384 e. The summed E-state index contributed by atoms with van der Waals surface area (Å²) in [5.41, 5.74) is 2.12. The van der Waals surface area contributed by atoms with Gasteiger partial charge in [0.1, 0.15) is 0 Å². The van der Waals surface area contributed by atoms with Gasteiger partial charge in [0, 0.05) is 24.9 Å². The molecule has 1 aromatic heterocycles. The summed E-state index contributed by atoms with van der Waals surface area (Å²) in [6, 6.07) is 1.62. The summed E-state index contributed by atoms with van der Waals surface area (Å²) in [7, 11) is 1.15. The number of rotatable bonds is 5. The molecule has 0 saturated heterocycles. The molecule has 0 aliphatic rings. The normalized spacial score (nSPS) is 11.6. The van der Waals surface area contributed by atoms with Gasteiger partial charge in [-0.05, 0) is 19.2 Å². The molecule has 0 radical (unpaired) electrons. The molecule has 0 saturated carbocycles. The number of hydrazine groups is 1. The van der Waals surface area contributed by atoms with E-state index in [1.54, 1.807) is 24.4 Å². The van der Waals surface area contributed by atoms with Crippen LogP contribution in [0.15, 0.2) is 24.4 Å². The molecule has 1 amide bonds. The highest BCUT2D eigenvalue weighted by Gasteiger charge is 2.42. The molecule has 17 heavy (non-hydrogen) atoms. The number of aromatic nitrogens is 1. The van der Waals surface area contributed by atoms with Crippen molar-refractivity contribution in [3.63, 3.8) is 0 Å². The summed E-state index contributed by atoms with van der Waals surface area (Å²) in [6.45, 7) is -0.00255. The Balaban J connectivity index is 2.55. The summed E-state index contributed by atoms with van der Waals surface area (Å²) in [4.78, 5) is 15.5. The molecule has 3 N–H and O–H groups in total. The predicted octanol–water partition coefficient (Wildman–Crippen LogP) is 0.139. The van der Waals surface area contributed by atoms with Crippen LogP contribution in [0.4, 0.5) is 8.78 Å². The summed E-state index contributed by atoms with van der Waals surface area (Å²) in [5, 5.41) is 0. The van der Waals surface area contributed by atoms with Crippen LogP contribution in [-0.2, 0) is 11.2 Å². The second-order valence-electron chi connectivity index (χ2n) is 3.51. The van der Waals surface area contributed by atoms with Crippen LogP contribution in [0.5, 0.6) is 0 Å². The molecule has 0 spiro atoms. The minimum atomic E-state index is -3.62. The van der Waals surface area contributed by atoms with Crippen LogP contribution in [-0.4, -0.2) is 35.4 Å². The molecular formula is C10H14F2N4O. The number of likely N-dealkylation sites (N-methyl/N-ethyl adjacent to an activating group) is 1. The SMILES string of the molecule is CN(CCc1ccccn1)C(F)(F)C(=O)NN. The Labute approximate surface area is 97.6 Å². The Morgan fingerprint density at radius 1 is 1.59 bits per heavy atom. The Bertz CT molecular complexity index is 372. The van der Waals surface area contributed by atoms with E-state index in [1.165, 1.54) is 5.43 Å². The maximum absolute atomic E-state index is 13.3. The third-order valence-electron chi connectivity index (χ3n) is 2.31. The van der Waals surface area contributed by atoms with Crippen molar-refractivity contribution in [3.05, 3.63) is 30.1 Å². The van der Waals surface area contributed by atoms with E-state index in [0.29, 0.717) is 17.0 Å². The smallest absolute Gasteiger partial charge is 0.288 e. The van der Waals surface area contributed by atoms with Crippen molar-refractivity contribution in [2.45, 2.75) is 12.5 Å². The molecule has 0 aromatic carbocycles. The standard InChI is InChI=1S/C10H14F2N4O/c1-16(10(11,12)9(17)15-13)7-5-8-4-2-3-6-14-8/h2-4,6H,5,7,13H2,1H3,(H,15,17). The summed E-state index contributed by atoms with van der Waals surface area (Å²) in [6.07, 6.45) is 1.91. The number of nitrogens with zero attached hydrogens (tertiary/aromatic N) is 2. The molecule has 0 fully saturated rings. The molecule has 1 aromatic rings. The van der Waals surface area contributed by atoms with Gasteiger partial charge in [0.2, 0.25) is 0 Å². The topological polar surface area (TPSA) is 71.2 Å². The van der Waals surface area contributed by atoms with Gasteiger partial charge in [-0.1, -0.05) is 6.07 Å². The maximum Gasteiger partial charge on any atom is 0.384 e. The number of nitrogens with one attached hydrogen (secondary N) is 1. The number of amides is 1. The van der Waals surface area contributed by atoms with Gasteiger partial charge in [-0.3, -0.25) is 15.2 Å². The molecule has 7 heteroatoms. The zero-order chi connectivity index (χ0) is 12.9. The third kappa shape index (κ3) is 3.43. The number of halogens is 2. The van der Waals surface area contributed by atoms with Gasteiger partial charge < -0.3 is 0 Å². The average molecular weight is 244 g/mol. The Hall–Kier alpha value is -1.60. The molecule has 0 bridgehead atoms. The fourth-order valence-corrected chi connectivity index (χ4v) is 1.23. The van der Waals surface area contributed by atoms with Gasteiger partial charge in [0.25, 0.3) is 0 Å². The van der Waals surface area contributed by atoms with Crippen LogP contribution < -0.4 is 11.3 Å². The molecular weight excluding hydrogens is 230 g/mol. The lowest BCUT2D eigenvalue weighted by Gasteiger charge is -2.25. The van der Waals surface area contributed by atoms with Gasteiger partial charge in [-0.2, -0.15) is 8.78 Å². The Morgan fingerprint density at radius 3 is 2.82 bits per heavy atom. The number of pyridine rings is 1. The Morgan fingerprint density at radius 2 is 2.29 bits per heavy atom. The maximum atomic E-state index is 13.3. The van der Waals surface area contributed by atoms with E-state index in [9.17, 15) is 13.6 Å². The lowest BCUT2D eigenvalue weighted by atomic mass is 10.2. The third-order valence-corrected chi connectivity index (χ3v) is 2.31. The lowest BCUT2D eigenvalue weighted by Crippen LogP contribution is -2.53. The van der Waals surface area contributed by atoms with Crippen LogP contribution in [0.2, 0.25) is 0 Å². The van der Waals surface area contributed by atoms with Gasteiger partial charge in [0.15, 0.2) is 0 Å². The van der Waals surface area contributed by atoms with Crippen LogP contribution in [0, 0.1) is 0 Å². The molecule has 0 aliphatic carbocycles. The quantitative estimate of drug-likeness (QED) is 0.334. The minimum absolute atomic E-state index is 0.00255. The van der Waals surface area contributed by atoms with Crippen molar-refractivity contribution >= 4 is 5.91 Å². The van der Waals surface area contributed by atoms with Crippen LogP contribution in [0.25, 0.3) is 0 Å². The predicted molar refractivity (Wildman–Crippen MR) is 57.8 cm³/mol.